The monoisotopic (exact) mass is 321 g/mol. The first-order valence-corrected chi connectivity index (χ1v) is 7.65. The maximum atomic E-state index is 13.4. The minimum Gasteiger partial charge on any atom is -0.489 e. The molecule has 3 aromatic rings. The molecule has 1 aromatic heterocycles. The molecule has 1 heterocycles. The second kappa shape index (κ2) is 6.02. The highest BCUT2D eigenvalue weighted by Gasteiger charge is 2.11. The van der Waals surface area contributed by atoms with Crippen molar-refractivity contribution in [1.82, 2.24) is 0 Å². The Morgan fingerprint density at radius 3 is 2.76 bits per heavy atom. The molecule has 0 saturated heterocycles. The smallest absolute Gasteiger partial charge is 0.145 e. The SMILES string of the molecule is NCc1sc2ccccc2c1COc1ccc(Cl)c(F)c1. The van der Waals surface area contributed by atoms with Gasteiger partial charge < -0.3 is 10.5 Å². The molecule has 2 aromatic carbocycles. The van der Waals surface area contributed by atoms with Crippen LogP contribution in [0.15, 0.2) is 42.5 Å². The molecular weight excluding hydrogens is 309 g/mol. The summed E-state index contributed by atoms with van der Waals surface area (Å²) in [6.45, 7) is 0.824. The van der Waals surface area contributed by atoms with Gasteiger partial charge in [-0.2, -0.15) is 0 Å². The standard InChI is InChI=1S/C16H13ClFNOS/c17-13-6-5-10(7-14(13)18)20-9-12-11-3-1-2-4-15(11)21-16(12)8-19/h1-7H,8-9,19H2. The van der Waals surface area contributed by atoms with Gasteiger partial charge in [-0.25, -0.2) is 4.39 Å². The van der Waals surface area contributed by atoms with Crippen LogP contribution >= 0.6 is 22.9 Å². The van der Waals surface area contributed by atoms with Gasteiger partial charge in [0.2, 0.25) is 0 Å². The molecule has 0 aliphatic rings. The molecule has 0 atom stereocenters. The van der Waals surface area contributed by atoms with E-state index in [0.717, 1.165) is 15.8 Å². The van der Waals surface area contributed by atoms with Crippen LogP contribution in [0.5, 0.6) is 5.75 Å². The van der Waals surface area contributed by atoms with Crippen LogP contribution < -0.4 is 10.5 Å². The van der Waals surface area contributed by atoms with E-state index in [4.69, 9.17) is 22.1 Å². The summed E-state index contributed by atoms with van der Waals surface area (Å²) < 4.78 is 20.3. The fraction of sp³-hybridized carbons (Fsp3) is 0.125. The summed E-state index contributed by atoms with van der Waals surface area (Å²) in [5.74, 6) is -0.0291. The van der Waals surface area contributed by atoms with Gasteiger partial charge >= 0.3 is 0 Å². The predicted molar refractivity (Wildman–Crippen MR) is 85.5 cm³/mol. The highest BCUT2D eigenvalue weighted by atomic mass is 35.5. The van der Waals surface area contributed by atoms with Crippen LogP contribution in [0.4, 0.5) is 4.39 Å². The highest BCUT2D eigenvalue weighted by molar-refractivity contribution is 7.19. The zero-order chi connectivity index (χ0) is 14.8. The molecule has 108 valence electrons. The molecule has 2 nitrogen and oxygen atoms in total. The highest BCUT2D eigenvalue weighted by Crippen LogP contribution is 2.32. The van der Waals surface area contributed by atoms with E-state index in [-0.39, 0.29) is 5.02 Å². The Balaban J connectivity index is 1.89. The first-order valence-electron chi connectivity index (χ1n) is 6.46. The van der Waals surface area contributed by atoms with Crippen molar-refractivity contribution in [2.75, 3.05) is 0 Å². The number of fused-ring (bicyclic) bond motifs is 1. The van der Waals surface area contributed by atoms with Gasteiger partial charge in [0.25, 0.3) is 0 Å². The summed E-state index contributed by atoms with van der Waals surface area (Å²) >= 11 is 7.33. The minimum absolute atomic E-state index is 0.0889. The normalized spacial score (nSPS) is 11.0. The zero-order valence-corrected chi connectivity index (χ0v) is 12.7. The largest absolute Gasteiger partial charge is 0.489 e. The Morgan fingerprint density at radius 1 is 1.19 bits per heavy atom. The number of thiophene rings is 1. The van der Waals surface area contributed by atoms with E-state index in [2.05, 4.69) is 6.07 Å². The first-order chi connectivity index (χ1) is 10.2. The lowest BCUT2D eigenvalue weighted by molar-refractivity contribution is 0.305. The van der Waals surface area contributed by atoms with E-state index >= 15 is 0 Å². The third-order valence-corrected chi connectivity index (χ3v) is 4.78. The van der Waals surface area contributed by atoms with E-state index < -0.39 is 5.82 Å². The van der Waals surface area contributed by atoms with E-state index in [0.29, 0.717) is 18.9 Å². The Morgan fingerprint density at radius 2 is 2.00 bits per heavy atom. The van der Waals surface area contributed by atoms with Crippen molar-refractivity contribution in [3.8, 4) is 5.75 Å². The third-order valence-electron chi connectivity index (χ3n) is 3.24. The summed E-state index contributed by atoms with van der Waals surface area (Å²) in [5, 5.41) is 1.23. The average molecular weight is 322 g/mol. The second-order valence-corrected chi connectivity index (χ2v) is 6.11. The maximum Gasteiger partial charge on any atom is 0.145 e. The molecule has 21 heavy (non-hydrogen) atoms. The molecule has 0 fully saturated rings. The van der Waals surface area contributed by atoms with Crippen LogP contribution in [0.2, 0.25) is 5.02 Å². The van der Waals surface area contributed by atoms with Crippen LogP contribution in [-0.4, -0.2) is 0 Å². The van der Waals surface area contributed by atoms with E-state index in [9.17, 15) is 4.39 Å². The van der Waals surface area contributed by atoms with Crippen LogP contribution in [0.25, 0.3) is 10.1 Å². The van der Waals surface area contributed by atoms with Crippen LogP contribution in [-0.2, 0) is 13.2 Å². The molecule has 0 bridgehead atoms. The summed E-state index contributed by atoms with van der Waals surface area (Å²) in [4.78, 5) is 1.09. The molecule has 0 saturated carbocycles. The van der Waals surface area contributed by atoms with Crippen molar-refractivity contribution in [2.24, 2.45) is 5.73 Å². The molecule has 0 aliphatic heterocycles. The van der Waals surface area contributed by atoms with Crippen molar-refractivity contribution in [1.29, 1.82) is 0 Å². The second-order valence-electron chi connectivity index (χ2n) is 4.57. The van der Waals surface area contributed by atoms with Crippen molar-refractivity contribution in [3.05, 3.63) is 63.7 Å². The Bertz CT molecular complexity index is 787. The molecule has 0 spiro atoms. The lowest BCUT2D eigenvalue weighted by Crippen LogP contribution is -2.01. The lowest BCUT2D eigenvalue weighted by Gasteiger charge is -2.08. The van der Waals surface area contributed by atoms with Crippen molar-refractivity contribution in [2.45, 2.75) is 13.2 Å². The Hall–Kier alpha value is -1.62. The van der Waals surface area contributed by atoms with Crippen molar-refractivity contribution < 1.29 is 9.13 Å². The van der Waals surface area contributed by atoms with Crippen LogP contribution in [0, 0.1) is 5.82 Å². The summed E-state index contributed by atoms with van der Waals surface area (Å²) in [6.07, 6.45) is 0. The first kappa shape index (κ1) is 14.3. The van der Waals surface area contributed by atoms with Crippen LogP contribution in [0.1, 0.15) is 10.4 Å². The van der Waals surface area contributed by atoms with Gasteiger partial charge in [0.1, 0.15) is 18.2 Å². The Labute approximate surface area is 130 Å². The average Bonchev–Trinajstić information content (AvgIpc) is 2.86. The number of rotatable bonds is 4. The van der Waals surface area contributed by atoms with Gasteiger partial charge in [0.05, 0.1) is 5.02 Å². The van der Waals surface area contributed by atoms with Crippen LogP contribution in [0.3, 0.4) is 0 Å². The third kappa shape index (κ3) is 2.88. The van der Waals surface area contributed by atoms with E-state index in [1.54, 1.807) is 17.4 Å². The number of nitrogens with two attached hydrogens (primary N) is 1. The Kier molecular flexibility index (Phi) is 4.10. The number of hydrogen-bond donors (Lipinski definition) is 1. The molecule has 5 heteroatoms. The van der Waals surface area contributed by atoms with Crippen molar-refractivity contribution >= 4 is 33.0 Å². The lowest BCUT2D eigenvalue weighted by atomic mass is 10.1. The molecule has 2 N–H and O–H groups in total. The summed E-state index contributed by atoms with van der Waals surface area (Å²) in [6, 6.07) is 12.5. The molecule has 0 aliphatic carbocycles. The zero-order valence-electron chi connectivity index (χ0n) is 11.1. The fourth-order valence-corrected chi connectivity index (χ4v) is 3.40. The van der Waals surface area contributed by atoms with Gasteiger partial charge in [-0.3, -0.25) is 0 Å². The van der Waals surface area contributed by atoms with Gasteiger partial charge in [-0.15, -0.1) is 11.3 Å². The van der Waals surface area contributed by atoms with Gasteiger partial charge in [0.15, 0.2) is 0 Å². The molecular formula is C16H13ClFNOS. The predicted octanol–water partition coefficient (Wildman–Crippen LogP) is 4.73. The number of hydrogen-bond acceptors (Lipinski definition) is 3. The maximum absolute atomic E-state index is 13.4. The number of ether oxygens (including phenoxy) is 1. The molecule has 0 radical (unpaired) electrons. The van der Waals surface area contributed by atoms with Gasteiger partial charge in [0, 0.05) is 27.8 Å². The van der Waals surface area contributed by atoms with Gasteiger partial charge in [-0.1, -0.05) is 29.8 Å². The van der Waals surface area contributed by atoms with Gasteiger partial charge in [-0.05, 0) is 23.6 Å². The quantitative estimate of drug-likeness (QED) is 0.754. The van der Waals surface area contributed by atoms with E-state index in [1.807, 2.05) is 18.2 Å². The summed E-state index contributed by atoms with van der Waals surface area (Å²) in [5.41, 5.74) is 6.87. The van der Waals surface area contributed by atoms with Crippen molar-refractivity contribution in [3.63, 3.8) is 0 Å². The minimum atomic E-state index is -0.483. The fourth-order valence-electron chi connectivity index (χ4n) is 2.19. The number of halogens is 2. The molecule has 0 unspecified atom stereocenters. The molecule has 0 amide bonds. The molecule has 3 rings (SSSR count). The summed E-state index contributed by atoms with van der Waals surface area (Å²) in [7, 11) is 0. The topological polar surface area (TPSA) is 35.2 Å². The number of benzene rings is 2. The van der Waals surface area contributed by atoms with E-state index in [1.165, 1.54) is 16.8 Å².